The molecule has 0 saturated carbocycles. The van der Waals surface area contributed by atoms with Gasteiger partial charge in [0.2, 0.25) is 0 Å². The number of fused-ring (bicyclic) bond motifs is 2. The lowest BCUT2D eigenvalue weighted by molar-refractivity contribution is 0.0248. The van der Waals surface area contributed by atoms with Crippen molar-refractivity contribution in [3.05, 3.63) is 47.0 Å². The van der Waals surface area contributed by atoms with E-state index in [1.165, 1.54) is 0 Å². The fourth-order valence-corrected chi connectivity index (χ4v) is 3.61. The molecule has 1 aliphatic rings. The molecule has 3 aromatic heterocycles. The second-order valence-electron chi connectivity index (χ2n) is 7.71. The molecule has 0 N–H and O–H groups in total. The Morgan fingerprint density at radius 1 is 1.21 bits per heavy atom. The van der Waals surface area contributed by atoms with Gasteiger partial charge < -0.3 is 9.30 Å². The van der Waals surface area contributed by atoms with E-state index in [-0.39, 0.29) is 17.3 Å². The number of halogens is 1. The minimum atomic E-state index is -0.710. The van der Waals surface area contributed by atoms with Crippen LogP contribution in [0.2, 0.25) is 5.15 Å². The molecule has 0 aliphatic carbocycles. The molecule has 0 fully saturated rings. The smallest absolute Gasteiger partial charge is 0.417 e. The lowest BCUT2D eigenvalue weighted by Gasteiger charge is -2.23. The number of rotatable bonds is 1. The molecule has 2 amide bonds. The van der Waals surface area contributed by atoms with Crippen molar-refractivity contribution in [2.45, 2.75) is 32.9 Å². The molecule has 4 rings (SSSR count). The maximum Gasteiger partial charge on any atom is 0.417 e. The fraction of sp³-hybridized carbons (Fsp3) is 0.300. The quantitative estimate of drug-likeness (QED) is 0.574. The van der Waals surface area contributed by atoms with Gasteiger partial charge >= 0.3 is 6.09 Å². The summed E-state index contributed by atoms with van der Waals surface area (Å²) in [5.41, 5.74) is 2.63. The first-order chi connectivity index (χ1) is 13.2. The van der Waals surface area contributed by atoms with Crippen molar-refractivity contribution in [1.82, 2.24) is 19.4 Å². The lowest BCUT2D eigenvalue weighted by atomic mass is 9.98. The highest BCUT2D eigenvalue weighted by Crippen LogP contribution is 2.38. The van der Waals surface area contributed by atoms with Gasteiger partial charge in [0.1, 0.15) is 16.4 Å². The summed E-state index contributed by atoms with van der Waals surface area (Å²) in [6.07, 6.45) is 4.56. The van der Waals surface area contributed by atoms with Crippen LogP contribution in [0.15, 0.2) is 30.7 Å². The van der Waals surface area contributed by atoms with Crippen LogP contribution in [0.5, 0.6) is 0 Å². The van der Waals surface area contributed by atoms with Gasteiger partial charge in [-0.15, -0.1) is 0 Å². The number of aromatic nitrogens is 3. The summed E-state index contributed by atoms with van der Waals surface area (Å²) < 4.78 is 7.29. The molecule has 0 radical (unpaired) electrons. The van der Waals surface area contributed by atoms with Gasteiger partial charge in [-0.05, 0) is 44.0 Å². The zero-order chi connectivity index (χ0) is 20.2. The van der Waals surface area contributed by atoms with Crippen molar-refractivity contribution in [2.75, 3.05) is 0 Å². The number of hydrogen-bond donors (Lipinski definition) is 0. The Morgan fingerprint density at radius 3 is 2.68 bits per heavy atom. The van der Waals surface area contributed by atoms with E-state index >= 15 is 0 Å². The van der Waals surface area contributed by atoms with Gasteiger partial charge in [0.15, 0.2) is 0 Å². The van der Waals surface area contributed by atoms with Crippen LogP contribution in [0.3, 0.4) is 0 Å². The number of amides is 2. The van der Waals surface area contributed by atoms with Crippen LogP contribution in [-0.2, 0) is 18.3 Å². The number of carbonyl (C=O) groups is 2. The van der Waals surface area contributed by atoms with Crippen molar-refractivity contribution in [3.8, 4) is 11.1 Å². The third kappa shape index (κ3) is 2.92. The second kappa shape index (κ2) is 6.31. The molecule has 0 aromatic carbocycles. The lowest BCUT2D eigenvalue weighted by Crippen LogP contribution is -2.36. The Kier molecular flexibility index (Phi) is 4.15. The normalized spacial score (nSPS) is 13.9. The summed E-state index contributed by atoms with van der Waals surface area (Å²) >= 11 is 6.22. The van der Waals surface area contributed by atoms with Gasteiger partial charge in [-0.2, -0.15) is 0 Å². The summed E-state index contributed by atoms with van der Waals surface area (Å²) in [6.45, 7) is 5.34. The maximum atomic E-state index is 12.9. The second-order valence-corrected chi connectivity index (χ2v) is 8.07. The monoisotopic (exact) mass is 398 g/mol. The Bertz CT molecular complexity index is 1130. The van der Waals surface area contributed by atoms with Crippen molar-refractivity contribution < 1.29 is 14.3 Å². The van der Waals surface area contributed by atoms with E-state index in [9.17, 15) is 9.59 Å². The topological polar surface area (TPSA) is 77.3 Å². The van der Waals surface area contributed by atoms with Gasteiger partial charge in [0.25, 0.3) is 5.91 Å². The van der Waals surface area contributed by atoms with E-state index in [0.29, 0.717) is 5.56 Å². The highest BCUT2D eigenvalue weighted by Gasteiger charge is 2.38. The number of ether oxygens (including phenoxy) is 1. The summed E-state index contributed by atoms with van der Waals surface area (Å²) in [6, 6.07) is 3.83. The largest absolute Gasteiger partial charge is 0.443 e. The van der Waals surface area contributed by atoms with Crippen LogP contribution >= 0.6 is 11.6 Å². The molecule has 0 spiro atoms. The first-order valence-corrected chi connectivity index (χ1v) is 9.18. The first-order valence-electron chi connectivity index (χ1n) is 8.80. The van der Waals surface area contributed by atoms with E-state index in [4.69, 9.17) is 16.3 Å². The fourth-order valence-electron chi connectivity index (χ4n) is 3.37. The Labute approximate surface area is 166 Å². The molecular weight excluding hydrogens is 380 g/mol. The molecule has 8 heteroatoms. The van der Waals surface area contributed by atoms with Gasteiger partial charge in [-0.1, -0.05) is 11.6 Å². The van der Waals surface area contributed by atoms with Crippen LogP contribution < -0.4 is 0 Å². The SMILES string of the molecule is Cn1ccc2c(-c3cnc(Cl)c4c3CN(C(=O)OC(C)(C)C)C4=O)ccnc21. The summed E-state index contributed by atoms with van der Waals surface area (Å²) in [5, 5.41) is 1.01. The third-order valence-electron chi connectivity index (χ3n) is 4.59. The summed E-state index contributed by atoms with van der Waals surface area (Å²) in [7, 11) is 1.91. The number of nitrogens with zero attached hydrogens (tertiary/aromatic N) is 4. The van der Waals surface area contributed by atoms with Crippen molar-refractivity contribution in [1.29, 1.82) is 0 Å². The predicted octanol–water partition coefficient (Wildman–Crippen LogP) is 4.18. The molecular formula is C20H19ClN4O3. The molecule has 3 aromatic rings. The molecule has 1 aliphatic heterocycles. The summed E-state index contributed by atoms with van der Waals surface area (Å²) in [4.78, 5) is 35.1. The average molecular weight is 399 g/mol. The van der Waals surface area contributed by atoms with Gasteiger partial charge in [-0.3, -0.25) is 4.79 Å². The van der Waals surface area contributed by atoms with Crippen LogP contribution in [0.4, 0.5) is 4.79 Å². The van der Waals surface area contributed by atoms with E-state index < -0.39 is 17.6 Å². The van der Waals surface area contributed by atoms with Crippen LogP contribution in [0, 0.1) is 0 Å². The number of aryl methyl sites for hydroxylation is 1. The standard InChI is InChI=1S/C20H19ClN4O3/c1-20(2,3)28-19(27)25-10-14-13(9-23-16(21)15(14)18(25)26)11-5-7-22-17-12(11)6-8-24(17)4/h5-9H,10H2,1-4H3. The van der Waals surface area contributed by atoms with E-state index in [1.54, 1.807) is 33.2 Å². The predicted molar refractivity (Wildman–Crippen MR) is 105 cm³/mol. The molecule has 7 nitrogen and oxygen atoms in total. The molecule has 28 heavy (non-hydrogen) atoms. The zero-order valence-electron chi connectivity index (χ0n) is 16.0. The summed E-state index contributed by atoms with van der Waals surface area (Å²) in [5.74, 6) is -0.498. The van der Waals surface area contributed by atoms with Crippen LogP contribution in [0.1, 0.15) is 36.7 Å². The zero-order valence-corrected chi connectivity index (χ0v) is 16.7. The van der Waals surface area contributed by atoms with Crippen LogP contribution in [-0.4, -0.2) is 37.0 Å². The highest BCUT2D eigenvalue weighted by molar-refractivity contribution is 6.33. The highest BCUT2D eigenvalue weighted by atomic mass is 35.5. The maximum absolute atomic E-state index is 12.9. The molecule has 144 valence electrons. The molecule has 0 saturated heterocycles. The van der Waals surface area contributed by atoms with E-state index in [2.05, 4.69) is 9.97 Å². The third-order valence-corrected chi connectivity index (χ3v) is 4.87. The number of hydrogen-bond acceptors (Lipinski definition) is 5. The Balaban J connectivity index is 1.83. The van der Waals surface area contributed by atoms with Crippen LogP contribution in [0.25, 0.3) is 22.2 Å². The van der Waals surface area contributed by atoms with E-state index in [0.717, 1.165) is 27.1 Å². The molecule has 4 heterocycles. The minimum Gasteiger partial charge on any atom is -0.443 e. The Morgan fingerprint density at radius 2 is 1.96 bits per heavy atom. The number of imide groups is 1. The average Bonchev–Trinajstić information content (AvgIpc) is 3.16. The number of carbonyl (C=O) groups excluding carboxylic acids is 2. The van der Waals surface area contributed by atoms with Gasteiger partial charge in [0.05, 0.1) is 12.1 Å². The molecule has 0 bridgehead atoms. The van der Waals surface area contributed by atoms with Gasteiger partial charge in [0, 0.05) is 36.6 Å². The van der Waals surface area contributed by atoms with Crippen molar-refractivity contribution in [2.24, 2.45) is 7.05 Å². The van der Waals surface area contributed by atoms with Crippen molar-refractivity contribution >= 4 is 34.6 Å². The molecule has 0 atom stereocenters. The Hall–Kier alpha value is -2.93. The van der Waals surface area contributed by atoms with E-state index in [1.807, 2.05) is 29.9 Å². The minimum absolute atomic E-state index is 0.0770. The van der Waals surface area contributed by atoms with Crippen molar-refractivity contribution in [3.63, 3.8) is 0 Å². The molecule has 0 unspecified atom stereocenters. The first kappa shape index (κ1) is 18.4. The van der Waals surface area contributed by atoms with Gasteiger partial charge in [-0.25, -0.2) is 19.7 Å². The number of pyridine rings is 2.